The van der Waals surface area contributed by atoms with Crippen LogP contribution in [0.2, 0.25) is 0 Å². The number of furan rings is 1. The van der Waals surface area contributed by atoms with Crippen LogP contribution in [-0.4, -0.2) is 19.5 Å². The molecule has 3 aromatic heterocycles. The second-order valence-electron chi connectivity index (χ2n) is 14.0. The second kappa shape index (κ2) is 13.0. The molecule has 262 valence electrons. The van der Waals surface area contributed by atoms with Crippen molar-refractivity contribution in [1.82, 2.24) is 19.5 Å². The van der Waals surface area contributed by atoms with E-state index in [-0.39, 0.29) is 0 Å². The lowest BCUT2D eigenvalue weighted by molar-refractivity contribution is 0.666. The SMILES string of the molecule is c1ccc(-c2cc(-n3c4ccccc4c4cc(-c5ccccc5)ccc43)c3oc4cc(-c5nc(-c6ccccc6)nc(-c6ccccc6)n5)ccc4c3c2)cc1. The second-order valence-corrected chi connectivity index (χ2v) is 14.0. The number of aromatic nitrogens is 4. The highest BCUT2D eigenvalue weighted by Crippen LogP contribution is 2.42. The molecule has 0 radical (unpaired) electrons. The molecule has 0 unspecified atom stereocenters. The van der Waals surface area contributed by atoms with E-state index < -0.39 is 0 Å². The van der Waals surface area contributed by atoms with Crippen LogP contribution in [0.1, 0.15) is 0 Å². The Morgan fingerprint density at radius 2 is 0.821 bits per heavy atom. The summed E-state index contributed by atoms with van der Waals surface area (Å²) in [6, 6.07) is 67.5. The minimum absolute atomic E-state index is 0.585. The van der Waals surface area contributed by atoms with Crippen LogP contribution in [0.25, 0.3) is 106 Å². The van der Waals surface area contributed by atoms with E-state index in [9.17, 15) is 0 Å². The summed E-state index contributed by atoms with van der Waals surface area (Å²) >= 11 is 0. The summed E-state index contributed by atoms with van der Waals surface area (Å²) in [7, 11) is 0. The Balaban J connectivity index is 1.15. The average molecular weight is 717 g/mol. The number of fused-ring (bicyclic) bond motifs is 6. The Morgan fingerprint density at radius 3 is 1.46 bits per heavy atom. The molecule has 0 saturated heterocycles. The Kier molecular flexibility index (Phi) is 7.42. The molecule has 0 N–H and O–H groups in total. The van der Waals surface area contributed by atoms with Crippen molar-refractivity contribution in [1.29, 1.82) is 0 Å². The fourth-order valence-corrected chi connectivity index (χ4v) is 7.94. The molecule has 0 aliphatic carbocycles. The van der Waals surface area contributed by atoms with Gasteiger partial charge >= 0.3 is 0 Å². The van der Waals surface area contributed by atoms with Crippen LogP contribution in [0.4, 0.5) is 0 Å². The van der Waals surface area contributed by atoms with Crippen LogP contribution in [0.5, 0.6) is 0 Å². The van der Waals surface area contributed by atoms with Gasteiger partial charge in [0.1, 0.15) is 5.58 Å². The van der Waals surface area contributed by atoms with E-state index in [0.717, 1.165) is 66.5 Å². The predicted molar refractivity (Wildman–Crippen MR) is 229 cm³/mol. The van der Waals surface area contributed by atoms with Gasteiger partial charge in [-0.2, -0.15) is 0 Å². The maximum Gasteiger partial charge on any atom is 0.164 e. The number of nitrogens with zero attached hydrogens (tertiary/aromatic N) is 4. The highest BCUT2D eigenvalue weighted by atomic mass is 16.3. The van der Waals surface area contributed by atoms with Crippen LogP contribution in [-0.2, 0) is 0 Å². The first-order valence-electron chi connectivity index (χ1n) is 18.8. The van der Waals surface area contributed by atoms with Gasteiger partial charge in [-0.1, -0.05) is 152 Å². The Labute approximate surface area is 322 Å². The molecule has 0 aliphatic rings. The standard InChI is InChI=1S/C51H32N4O/c1-5-15-33(16-6-1)37-26-28-45-42(29-37)40-23-13-14-24-44(40)55(45)46-31-39(34-17-7-2-8-18-34)30-43-41-27-25-38(32-47(41)56-48(43)46)51-53-49(35-19-9-3-10-20-35)52-50(54-51)36-21-11-4-12-22-36/h1-32H. The Morgan fingerprint density at radius 1 is 0.321 bits per heavy atom. The van der Waals surface area contributed by atoms with Gasteiger partial charge in [0, 0.05) is 38.2 Å². The first-order valence-corrected chi connectivity index (χ1v) is 18.8. The van der Waals surface area contributed by atoms with E-state index in [1.54, 1.807) is 0 Å². The van der Waals surface area contributed by atoms with E-state index >= 15 is 0 Å². The molecule has 0 spiro atoms. The molecule has 5 nitrogen and oxygen atoms in total. The van der Waals surface area contributed by atoms with Crippen molar-refractivity contribution >= 4 is 43.7 Å². The summed E-state index contributed by atoms with van der Waals surface area (Å²) in [6.45, 7) is 0. The first-order chi connectivity index (χ1) is 27.7. The van der Waals surface area contributed by atoms with Crippen molar-refractivity contribution in [2.75, 3.05) is 0 Å². The maximum absolute atomic E-state index is 6.99. The largest absolute Gasteiger partial charge is 0.454 e. The summed E-state index contributed by atoms with van der Waals surface area (Å²) < 4.78 is 9.35. The van der Waals surface area contributed by atoms with Gasteiger partial charge in [0.05, 0.1) is 16.7 Å². The average Bonchev–Trinajstić information content (AvgIpc) is 3.82. The van der Waals surface area contributed by atoms with Crippen molar-refractivity contribution in [2.45, 2.75) is 0 Å². The molecule has 5 heteroatoms. The Hall–Kier alpha value is -7.63. The van der Waals surface area contributed by atoms with Crippen LogP contribution < -0.4 is 0 Å². The fraction of sp³-hybridized carbons (Fsp3) is 0. The molecule has 11 aromatic rings. The van der Waals surface area contributed by atoms with Crippen LogP contribution in [0, 0.1) is 0 Å². The van der Waals surface area contributed by atoms with Crippen molar-refractivity contribution < 1.29 is 4.42 Å². The van der Waals surface area contributed by atoms with Gasteiger partial charge in [0.15, 0.2) is 23.1 Å². The summed E-state index contributed by atoms with van der Waals surface area (Å²) in [5.74, 6) is 1.83. The van der Waals surface area contributed by atoms with Gasteiger partial charge in [0.25, 0.3) is 0 Å². The monoisotopic (exact) mass is 716 g/mol. The highest BCUT2D eigenvalue weighted by Gasteiger charge is 2.21. The predicted octanol–water partition coefficient (Wildman–Crippen LogP) is 13.2. The van der Waals surface area contributed by atoms with Gasteiger partial charge in [-0.25, -0.2) is 15.0 Å². The number of benzene rings is 8. The lowest BCUT2D eigenvalue weighted by Gasteiger charge is -2.12. The van der Waals surface area contributed by atoms with Crippen LogP contribution in [0.15, 0.2) is 199 Å². The zero-order valence-corrected chi connectivity index (χ0v) is 30.2. The topological polar surface area (TPSA) is 56.7 Å². The third kappa shape index (κ3) is 5.37. The molecular formula is C51H32N4O. The molecule has 0 atom stereocenters. The summed E-state index contributed by atoms with van der Waals surface area (Å²) in [4.78, 5) is 14.9. The van der Waals surface area contributed by atoms with E-state index in [0.29, 0.717) is 17.5 Å². The van der Waals surface area contributed by atoms with Gasteiger partial charge < -0.3 is 8.98 Å². The molecule has 0 bridgehead atoms. The van der Waals surface area contributed by atoms with E-state index in [4.69, 9.17) is 19.4 Å². The van der Waals surface area contributed by atoms with Crippen molar-refractivity contribution in [3.8, 4) is 62.1 Å². The summed E-state index contributed by atoms with van der Waals surface area (Å²) in [5.41, 5.74) is 12.1. The van der Waals surface area contributed by atoms with Gasteiger partial charge in [-0.3, -0.25) is 0 Å². The molecule has 11 rings (SSSR count). The van der Waals surface area contributed by atoms with E-state index in [2.05, 4.69) is 138 Å². The van der Waals surface area contributed by atoms with Gasteiger partial charge in [0.2, 0.25) is 0 Å². The van der Waals surface area contributed by atoms with Gasteiger partial charge in [-0.05, 0) is 64.7 Å². The normalized spacial score (nSPS) is 11.6. The molecular weight excluding hydrogens is 685 g/mol. The maximum atomic E-state index is 6.99. The van der Waals surface area contributed by atoms with Crippen LogP contribution in [0.3, 0.4) is 0 Å². The first kappa shape index (κ1) is 31.9. The summed E-state index contributed by atoms with van der Waals surface area (Å²) in [6.07, 6.45) is 0. The Bertz CT molecular complexity index is 3170. The van der Waals surface area contributed by atoms with Gasteiger partial charge in [-0.15, -0.1) is 0 Å². The smallest absolute Gasteiger partial charge is 0.164 e. The number of para-hydroxylation sites is 1. The van der Waals surface area contributed by atoms with Crippen molar-refractivity contribution in [3.63, 3.8) is 0 Å². The summed E-state index contributed by atoms with van der Waals surface area (Å²) in [5, 5.41) is 4.45. The zero-order valence-electron chi connectivity index (χ0n) is 30.2. The zero-order chi connectivity index (χ0) is 37.0. The van der Waals surface area contributed by atoms with E-state index in [1.807, 2.05) is 60.7 Å². The number of hydrogen-bond donors (Lipinski definition) is 0. The molecule has 0 saturated carbocycles. The minimum Gasteiger partial charge on any atom is -0.454 e. The lowest BCUT2D eigenvalue weighted by atomic mass is 10.0. The lowest BCUT2D eigenvalue weighted by Crippen LogP contribution is -2.00. The van der Waals surface area contributed by atoms with E-state index in [1.165, 1.54) is 21.9 Å². The molecule has 3 heterocycles. The van der Waals surface area contributed by atoms with Crippen LogP contribution >= 0.6 is 0 Å². The number of rotatable bonds is 6. The molecule has 56 heavy (non-hydrogen) atoms. The third-order valence-electron chi connectivity index (χ3n) is 10.6. The van der Waals surface area contributed by atoms with Crippen molar-refractivity contribution in [2.24, 2.45) is 0 Å². The highest BCUT2D eigenvalue weighted by molar-refractivity contribution is 6.14. The molecule has 0 fully saturated rings. The molecule has 0 aliphatic heterocycles. The molecule has 8 aromatic carbocycles. The molecule has 0 amide bonds. The van der Waals surface area contributed by atoms with Crippen molar-refractivity contribution in [3.05, 3.63) is 194 Å². The minimum atomic E-state index is 0.585. The fourth-order valence-electron chi connectivity index (χ4n) is 7.94. The third-order valence-corrected chi connectivity index (χ3v) is 10.6. The number of hydrogen-bond acceptors (Lipinski definition) is 4. The quantitative estimate of drug-likeness (QED) is 0.172.